The minimum atomic E-state index is -0.203. The molecule has 0 spiro atoms. The summed E-state index contributed by atoms with van der Waals surface area (Å²) in [5.41, 5.74) is 5.89. The number of nitrogens with zero attached hydrogens (tertiary/aromatic N) is 2. The van der Waals surface area contributed by atoms with Gasteiger partial charge in [0.1, 0.15) is 6.54 Å². The third-order valence-corrected chi connectivity index (χ3v) is 3.52. The highest BCUT2D eigenvalue weighted by Crippen LogP contribution is 2.37. The number of carbonyl (C=O) groups excluding carboxylic acids is 1. The van der Waals surface area contributed by atoms with E-state index in [-0.39, 0.29) is 18.0 Å². The van der Waals surface area contributed by atoms with Gasteiger partial charge in [-0.05, 0) is 24.3 Å². The highest BCUT2D eigenvalue weighted by atomic mass is 16.2. The minimum Gasteiger partial charge on any atom is -0.398 e. The number of pyridine rings is 1. The second-order valence-electron chi connectivity index (χ2n) is 5.18. The highest BCUT2D eigenvalue weighted by molar-refractivity contribution is 5.75. The summed E-state index contributed by atoms with van der Waals surface area (Å²) in [7, 11) is 1.78. The van der Waals surface area contributed by atoms with Crippen molar-refractivity contribution in [2.24, 2.45) is 11.8 Å². The van der Waals surface area contributed by atoms with Crippen molar-refractivity contribution in [3.05, 3.63) is 28.7 Å². The second-order valence-corrected chi connectivity index (χ2v) is 5.18. The first kappa shape index (κ1) is 12.7. The molecular formula is C13H19N3O2. The molecule has 18 heavy (non-hydrogen) atoms. The van der Waals surface area contributed by atoms with Crippen molar-refractivity contribution in [1.29, 1.82) is 0 Å². The summed E-state index contributed by atoms with van der Waals surface area (Å²) in [4.78, 5) is 25.2. The number of rotatable bonds is 4. The van der Waals surface area contributed by atoms with Gasteiger partial charge in [0.05, 0.1) is 0 Å². The lowest BCUT2D eigenvalue weighted by molar-refractivity contribution is -0.130. The molecule has 2 N–H and O–H groups in total. The number of hydrogen-bond donors (Lipinski definition) is 1. The lowest BCUT2D eigenvalue weighted by atomic mass is 10.3. The monoisotopic (exact) mass is 249 g/mol. The standard InChI is InChI=1S/C13H19N3O2/c1-9-5-10(9)6-15(2)13(18)8-16-7-11(14)3-4-12(16)17/h3-4,7,9-10H,5-6,8,14H2,1-2H3. The normalized spacial score (nSPS) is 21.7. The molecule has 98 valence electrons. The van der Waals surface area contributed by atoms with Crippen LogP contribution in [0.3, 0.4) is 0 Å². The molecule has 0 aliphatic heterocycles. The number of hydrogen-bond acceptors (Lipinski definition) is 3. The van der Waals surface area contributed by atoms with Crippen molar-refractivity contribution in [2.75, 3.05) is 19.3 Å². The molecule has 1 saturated carbocycles. The molecule has 1 aliphatic carbocycles. The maximum atomic E-state index is 12.0. The number of likely N-dealkylation sites (N-methyl/N-ethyl adjacent to an activating group) is 1. The van der Waals surface area contributed by atoms with E-state index in [2.05, 4.69) is 6.92 Å². The molecule has 2 rings (SSSR count). The van der Waals surface area contributed by atoms with E-state index in [0.29, 0.717) is 11.6 Å². The first-order valence-electron chi connectivity index (χ1n) is 6.17. The largest absolute Gasteiger partial charge is 0.398 e. The summed E-state index contributed by atoms with van der Waals surface area (Å²) in [6.45, 7) is 3.02. The second kappa shape index (κ2) is 4.84. The molecular weight excluding hydrogens is 230 g/mol. The highest BCUT2D eigenvalue weighted by Gasteiger charge is 2.34. The van der Waals surface area contributed by atoms with Gasteiger partial charge >= 0.3 is 0 Å². The Morgan fingerprint density at radius 2 is 2.22 bits per heavy atom. The lowest BCUT2D eigenvalue weighted by Crippen LogP contribution is -2.35. The maximum absolute atomic E-state index is 12.0. The van der Waals surface area contributed by atoms with E-state index >= 15 is 0 Å². The molecule has 2 unspecified atom stereocenters. The Morgan fingerprint density at radius 3 is 2.83 bits per heavy atom. The summed E-state index contributed by atoms with van der Waals surface area (Å²) in [6.07, 6.45) is 2.70. The zero-order valence-corrected chi connectivity index (χ0v) is 10.8. The summed E-state index contributed by atoms with van der Waals surface area (Å²) in [6, 6.07) is 2.92. The van der Waals surface area contributed by atoms with Crippen LogP contribution in [0.25, 0.3) is 0 Å². The number of aromatic nitrogens is 1. The van der Waals surface area contributed by atoms with Gasteiger partial charge in [0.15, 0.2) is 0 Å². The zero-order valence-electron chi connectivity index (χ0n) is 10.8. The van der Waals surface area contributed by atoms with Crippen LogP contribution in [0.15, 0.2) is 23.1 Å². The Balaban J connectivity index is 1.97. The summed E-state index contributed by atoms with van der Waals surface area (Å²) in [5, 5.41) is 0. The third kappa shape index (κ3) is 2.91. The Bertz CT molecular complexity index is 509. The molecule has 1 amide bonds. The SMILES string of the molecule is CC1CC1CN(C)C(=O)Cn1cc(N)ccc1=O. The van der Waals surface area contributed by atoms with Crippen molar-refractivity contribution < 1.29 is 4.79 Å². The maximum Gasteiger partial charge on any atom is 0.251 e. The van der Waals surface area contributed by atoms with E-state index in [1.54, 1.807) is 18.0 Å². The van der Waals surface area contributed by atoms with E-state index in [0.717, 1.165) is 12.5 Å². The van der Waals surface area contributed by atoms with Crippen molar-refractivity contribution in [1.82, 2.24) is 9.47 Å². The fourth-order valence-corrected chi connectivity index (χ4v) is 2.05. The van der Waals surface area contributed by atoms with Crippen molar-refractivity contribution >= 4 is 11.6 Å². The molecule has 5 nitrogen and oxygen atoms in total. The van der Waals surface area contributed by atoms with Gasteiger partial charge in [0.25, 0.3) is 5.56 Å². The molecule has 1 fully saturated rings. The first-order chi connectivity index (χ1) is 8.47. The van der Waals surface area contributed by atoms with E-state index in [9.17, 15) is 9.59 Å². The number of nitrogen functional groups attached to an aromatic ring is 1. The van der Waals surface area contributed by atoms with E-state index < -0.39 is 0 Å². The molecule has 1 aromatic rings. The van der Waals surface area contributed by atoms with Crippen LogP contribution in [0, 0.1) is 11.8 Å². The predicted molar refractivity (Wildman–Crippen MR) is 70.0 cm³/mol. The number of anilines is 1. The van der Waals surface area contributed by atoms with Crippen molar-refractivity contribution in [2.45, 2.75) is 19.9 Å². The molecule has 2 atom stereocenters. The number of nitrogens with two attached hydrogens (primary N) is 1. The quantitative estimate of drug-likeness (QED) is 0.847. The van der Waals surface area contributed by atoms with Crippen LogP contribution in [0.1, 0.15) is 13.3 Å². The van der Waals surface area contributed by atoms with E-state index in [1.807, 2.05) is 0 Å². The molecule has 1 aromatic heterocycles. The topological polar surface area (TPSA) is 68.3 Å². The fourth-order valence-electron chi connectivity index (χ4n) is 2.05. The molecule has 1 heterocycles. The van der Waals surface area contributed by atoms with Crippen molar-refractivity contribution in [3.63, 3.8) is 0 Å². The minimum absolute atomic E-state index is 0.0539. The Hall–Kier alpha value is -1.78. The first-order valence-corrected chi connectivity index (χ1v) is 6.17. The predicted octanol–water partition coefficient (Wildman–Crippen LogP) is 0.545. The summed E-state index contributed by atoms with van der Waals surface area (Å²) < 4.78 is 1.35. The average molecular weight is 249 g/mol. The van der Waals surface area contributed by atoms with Crippen LogP contribution in [-0.4, -0.2) is 29.0 Å². The fraction of sp³-hybridized carbons (Fsp3) is 0.538. The lowest BCUT2D eigenvalue weighted by Gasteiger charge is -2.17. The smallest absolute Gasteiger partial charge is 0.251 e. The van der Waals surface area contributed by atoms with E-state index in [1.165, 1.54) is 23.3 Å². The Morgan fingerprint density at radius 1 is 1.56 bits per heavy atom. The van der Waals surface area contributed by atoms with E-state index in [4.69, 9.17) is 5.73 Å². The van der Waals surface area contributed by atoms with Gasteiger partial charge in [-0.2, -0.15) is 0 Å². The Kier molecular flexibility index (Phi) is 3.41. The van der Waals surface area contributed by atoms with Crippen LogP contribution < -0.4 is 11.3 Å². The van der Waals surface area contributed by atoms with Crippen LogP contribution >= 0.6 is 0 Å². The molecule has 5 heteroatoms. The number of amides is 1. The molecule has 0 saturated heterocycles. The summed E-state index contributed by atoms with van der Waals surface area (Å²) >= 11 is 0. The van der Waals surface area contributed by atoms with Crippen LogP contribution in [0.4, 0.5) is 5.69 Å². The van der Waals surface area contributed by atoms with Gasteiger partial charge in [0, 0.05) is 31.5 Å². The molecule has 0 bridgehead atoms. The molecule has 0 radical (unpaired) electrons. The van der Waals surface area contributed by atoms with Gasteiger partial charge in [-0.15, -0.1) is 0 Å². The average Bonchev–Trinajstić information content (AvgIpc) is 2.99. The van der Waals surface area contributed by atoms with Crippen LogP contribution in [-0.2, 0) is 11.3 Å². The molecule has 0 aromatic carbocycles. The van der Waals surface area contributed by atoms with Gasteiger partial charge in [-0.25, -0.2) is 0 Å². The summed E-state index contributed by atoms with van der Waals surface area (Å²) in [5.74, 6) is 1.29. The number of carbonyl (C=O) groups is 1. The Labute approximate surface area is 106 Å². The van der Waals surface area contributed by atoms with Gasteiger partial charge < -0.3 is 15.2 Å². The zero-order chi connectivity index (χ0) is 13.3. The van der Waals surface area contributed by atoms with Gasteiger partial charge in [0.2, 0.25) is 5.91 Å². The van der Waals surface area contributed by atoms with Gasteiger partial charge in [-0.1, -0.05) is 6.92 Å². The van der Waals surface area contributed by atoms with Crippen molar-refractivity contribution in [3.8, 4) is 0 Å². The van der Waals surface area contributed by atoms with Crippen LogP contribution in [0.5, 0.6) is 0 Å². The van der Waals surface area contributed by atoms with Crippen LogP contribution in [0.2, 0.25) is 0 Å². The third-order valence-electron chi connectivity index (χ3n) is 3.52. The molecule has 1 aliphatic rings. The van der Waals surface area contributed by atoms with Gasteiger partial charge in [-0.3, -0.25) is 9.59 Å².